The molecule has 3 heterocycles. The fourth-order valence-corrected chi connectivity index (χ4v) is 3.70. The highest BCUT2D eigenvalue weighted by Gasteiger charge is 2.30. The number of rotatable bonds is 3. The third-order valence-electron chi connectivity index (χ3n) is 5.46. The molecule has 0 fully saturated rings. The summed E-state index contributed by atoms with van der Waals surface area (Å²) in [7, 11) is 0. The Morgan fingerprint density at radius 2 is 2.10 bits per heavy atom. The van der Waals surface area contributed by atoms with Gasteiger partial charge in [0.2, 0.25) is 5.91 Å². The Hall–Kier alpha value is -3.48. The number of anilines is 1. The Balaban J connectivity index is 1.75. The number of allylic oxidation sites excluding steroid dienone is 2. The Kier molecular flexibility index (Phi) is 5.11. The van der Waals surface area contributed by atoms with Gasteiger partial charge in [-0.15, -0.1) is 0 Å². The molecule has 1 aromatic carbocycles. The number of hydrogen-bond acceptors (Lipinski definition) is 4. The van der Waals surface area contributed by atoms with Crippen LogP contribution in [-0.4, -0.2) is 34.8 Å². The molecule has 2 aliphatic heterocycles. The standard InChI is InChI=1S/C23H22FN3O3/c1-14-6-7-25-15(2)19(14)12-27-21-10-18(9-20(24)23(21)30-13-22(27)29)17-5-4-8-26(11-17)16(3)28/h4-10H,11-13H2,1-3H3. The van der Waals surface area contributed by atoms with Crippen LogP contribution >= 0.6 is 0 Å². The number of aryl methyl sites for hydroxylation is 2. The van der Waals surface area contributed by atoms with Crippen LogP contribution in [0.1, 0.15) is 29.3 Å². The number of fused-ring (bicyclic) bond motifs is 1. The van der Waals surface area contributed by atoms with E-state index in [0.29, 0.717) is 17.8 Å². The summed E-state index contributed by atoms with van der Waals surface area (Å²) in [4.78, 5) is 31.9. The minimum atomic E-state index is -0.538. The lowest BCUT2D eigenvalue weighted by Crippen LogP contribution is -2.39. The van der Waals surface area contributed by atoms with Crippen LogP contribution in [0.2, 0.25) is 0 Å². The van der Waals surface area contributed by atoms with E-state index in [1.165, 1.54) is 13.0 Å². The molecule has 30 heavy (non-hydrogen) atoms. The van der Waals surface area contributed by atoms with Crippen LogP contribution in [0.3, 0.4) is 0 Å². The summed E-state index contributed by atoms with van der Waals surface area (Å²) in [6.07, 6.45) is 7.00. The second-order valence-corrected chi connectivity index (χ2v) is 7.45. The zero-order valence-corrected chi connectivity index (χ0v) is 17.1. The Labute approximate surface area is 174 Å². The molecule has 6 nitrogen and oxygen atoms in total. The summed E-state index contributed by atoms with van der Waals surface area (Å²) >= 11 is 0. The maximum absolute atomic E-state index is 14.9. The van der Waals surface area contributed by atoms with Crippen molar-refractivity contribution in [2.24, 2.45) is 0 Å². The molecule has 0 unspecified atom stereocenters. The lowest BCUT2D eigenvalue weighted by Gasteiger charge is -2.31. The average molecular weight is 407 g/mol. The van der Waals surface area contributed by atoms with Crippen LogP contribution in [0.4, 0.5) is 10.1 Å². The van der Waals surface area contributed by atoms with E-state index in [4.69, 9.17) is 4.74 Å². The van der Waals surface area contributed by atoms with E-state index in [1.807, 2.05) is 26.0 Å². The molecule has 0 saturated carbocycles. The summed E-state index contributed by atoms with van der Waals surface area (Å²) in [6.45, 7) is 5.73. The number of carbonyl (C=O) groups excluding carboxylic acids is 2. The van der Waals surface area contributed by atoms with Crippen molar-refractivity contribution in [3.05, 3.63) is 70.9 Å². The molecule has 0 atom stereocenters. The molecule has 0 N–H and O–H groups in total. The number of hydrogen-bond donors (Lipinski definition) is 0. The lowest BCUT2D eigenvalue weighted by molar-refractivity contribution is -0.125. The number of pyridine rings is 1. The summed E-state index contributed by atoms with van der Waals surface area (Å²) in [5.74, 6) is -0.820. The Morgan fingerprint density at radius 3 is 2.83 bits per heavy atom. The molecule has 0 spiro atoms. The number of aromatic nitrogens is 1. The summed E-state index contributed by atoms with van der Waals surface area (Å²) < 4.78 is 20.4. The molecule has 1 aromatic heterocycles. The van der Waals surface area contributed by atoms with E-state index < -0.39 is 5.82 Å². The van der Waals surface area contributed by atoms with Gasteiger partial charge in [0.25, 0.3) is 5.91 Å². The second-order valence-electron chi connectivity index (χ2n) is 7.45. The number of amides is 2. The van der Waals surface area contributed by atoms with Crippen molar-refractivity contribution in [3.8, 4) is 5.75 Å². The minimum Gasteiger partial charge on any atom is -0.478 e. The summed E-state index contributed by atoms with van der Waals surface area (Å²) in [5.41, 5.74) is 4.52. The maximum atomic E-state index is 14.9. The SMILES string of the molecule is CC(=O)N1C=CC=C(c2cc(F)c3c(c2)N(Cc2c(C)ccnc2C)C(=O)CO3)C1. The van der Waals surface area contributed by atoms with Crippen LogP contribution in [0.5, 0.6) is 5.75 Å². The molecule has 0 radical (unpaired) electrons. The largest absolute Gasteiger partial charge is 0.478 e. The van der Waals surface area contributed by atoms with Gasteiger partial charge in [0.15, 0.2) is 18.2 Å². The Bertz CT molecular complexity index is 1090. The third-order valence-corrected chi connectivity index (χ3v) is 5.46. The number of nitrogens with zero attached hydrogens (tertiary/aromatic N) is 3. The molecular formula is C23H22FN3O3. The van der Waals surface area contributed by atoms with E-state index in [-0.39, 0.29) is 30.7 Å². The first kappa shape index (κ1) is 19.8. The zero-order chi connectivity index (χ0) is 21.4. The molecular weight excluding hydrogens is 385 g/mol. The van der Waals surface area contributed by atoms with Gasteiger partial charge >= 0.3 is 0 Å². The van der Waals surface area contributed by atoms with Gasteiger partial charge in [-0.3, -0.25) is 14.6 Å². The topological polar surface area (TPSA) is 62.7 Å². The summed E-state index contributed by atoms with van der Waals surface area (Å²) in [6, 6.07) is 5.03. The highest BCUT2D eigenvalue weighted by atomic mass is 19.1. The van der Waals surface area contributed by atoms with Crippen LogP contribution < -0.4 is 9.64 Å². The van der Waals surface area contributed by atoms with Gasteiger partial charge in [0, 0.05) is 25.0 Å². The number of carbonyl (C=O) groups is 2. The quantitative estimate of drug-likeness (QED) is 0.781. The van der Waals surface area contributed by atoms with Gasteiger partial charge in [0.1, 0.15) is 0 Å². The van der Waals surface area contributed by atoms with Crippen LogP contribution in [0, 0.1) is 19.7 Å². The minimum absolute atomic E-state index is 0.0629. The van der Waals surface area contributed by atoms with Crippen LogP contribution in [0.15, 0.2) is 42.7 Å². The van der Waals surface area contributed by atoms with E-state index in [1.54, 1.807) is 34.3 Å². The van der Waals surface area contributed by atoms with Crippen molar-refractivity contribution in [3.63, 3.8) is 0 Å². The van der Waals surface area contributed by atoms with Gasteiger partial charge in [-0.25, -0.2) is 4.39 Å². The molecule has 0 bridgehead atoms. The van der Waals surface area contributed by atoms with Crippen molar-refractivity contribution in [2.75, 3.05) is 18.1 Å². The molecule has 2 amide bonds. The fourth-order valence-electron chi connectivity index (χ4n) is 3.70. The molecule has 2 aliphatic rings. The summed E-state index contributed by atoms with van der Waals surface area (Å²) in [5, 5.41) is 0. The number of benzene rings is 1. The average Bonchev–Trinajstić information content (AvgIpc) is 2.72. The third kappa shape index (κ3) is 3.58. The molecule has 4 rings (SSSR count). The Morgan fingerprint density at radius 1 is 1.30 bits per heavy atom. The smallest absolute Gasteiger partial charge is 0.265 e. The van der Waals surface area contributed by atoms with E-state index in [2.05, 4.69) is 4.98 Å². The van der Waals surface area contributed by atoms with Crippen molar-refractivity contribution in [1.29, 1.82) is 0 Å². The molecule has 2 aromatic rings. The van der Waals surface area contributed by atoms with Crippen molar-refractivity contribution in [1.82, 2.24) is 9.88 Å². The van der Waals surface area contributed by atoms with Crippen LogP contribution in [0.25, 0.3) is 5.57 Å². The first-order valence-electron chi connectivity index (χ1n) is 9.68. The van der Waals surface area contributed by atoms with Gasteiger partial charge in [-0.1, -0.05) is 6.08 Å². The number of ether oxygens (including phenoxy) is 1. The van der Waals surface area contributed by atoms with Crippen molar-refractivity contribution >= 4 is 23.1 Å². The van der Waals surface area contributed by atoms with Gasteiger partial charge in [-0.05, 0) is 60.4 Å². The molecule has 154 valence electrons. The highest BCUT2D eigenvalue weighted by Crippen LogP contribution is 2.39. The molecule has 7 heteroatoms. The van der Waals surface area contributed by atoms with E-state index in [0.717, 1.165) is 22.4 Å². The van der Waals surface area contributed by atoms with E-state index in [9.17, 15) is 14.0 Å². The normalized spacial score (nSPS) is 15.6. The van der Waals surface area contributed by atoms with Crippen LogP contribution in [-0.2, 0) is 16.1 Å². The predicted molar refractivity (Wildman–Crippen MR) is 111 cm³/mol. The van der Waals surface area contributed by atoms with E-state index >= 15 is 0 Å². The van der Waals surface area contributed by atoms with Gasteiger partial charge in [-0.2, -0.15) is 0 Å². The first-order chi connectivity index (χ1) is 14.3. The second kappa shape index (κ2) is 7.74. The van der Waals surface area contributed by atoms with Crippen molar-refractivity contribution < 1.29 is 18.7 Å². The maximum Gasteiger partial charge on any atom is 0.265 e. The van der Waals surface area contributed by atoms with Gasteiger partial charge in [0.05, 0.1) is 18.8 Å². The molecule has 0 saturated heterocycles. The predicted octanol–water partition coefficient (Wildman–Crippen LogP) is 3.52. The van der Waals surface area contributed by atoms with Crippen molar-refractivity contribution in [2.45, 2.75) is 27.3 Å². The zero-order valence-electron chi connectivity index (χ0n) is 17.1. The highest BCUT2D eigenvalue weighted by molar-refractivity contribution is 5.98. The fraction of sp³-hybridized carbons (Fsp3) is 0.261. The monoisotopic (exact) mass is 407 g/mol. The first-order valence-corrected chi connectivity index (χ1v) is 9.68. The number of halogens is 1. The van der Waals surface area contributed by atoms with Gasteiger partial charge < -0.3 is 14.5 Å². The molecule has 0 aliphatic carbocycles. The lowest BCUT2D eigenvalue weighted by atomic mass is 10.00.